The smallest absolute Gasteiger partial charge is 0.336 e. The molecule has 0 bridgehead atoms. The van der Waals surface area contributed by atoms with E-state index in [-0.39, 0.29) is 10.5 Å². The lowest BCUT2D eigenvalue weighted by molar-refractivity contribution is -0.132. The number of anilines is 1. The Labute approximate surface area is 202 Å². The van der Waals surface area contributed by atoms with E-state index in [4.69, 9.17) is 23.2 Å². The molecule has 9 heteroatoms. The molecule has 0 amide bonds. The van der Waals surface area contributed by atoms with Crippen LogP contribution in [0.1, 0.15) is 17.2 Å². The van der Waals surface area contributed by atoms with Gasteiger partial charge in [0.05, 0.1) is 21.9 Å². The van der Waals surface area contributed by atoms with Crippen LogP contribution in [-0.4, -0.2) is 37.8 Å². The van der Waals surface area contributed by atoms with Gasteiger partial charge in [0, 0.05) is 28.9 Å². The van der Waals surface area contributed by atoms with Crippen LogP contribution < -0.4 is 5.01 Å². The number of hydrazine groups is 1. The molecule has 1 atom stereocenters. The fourth-order valence-corrected chi connectivity index (χ4v) is 4.88. The predicted octanol–water partition coefficient (Wildman–Crippen LogP) is 5.30. The van der Waals surface area contributed by atoms with E-state index in [1.54, 1.807) is 72.7 Å². The zero-order valence-corrected chi connectivity index (χ0v) is 20.1. The number of aliphatic carboxylic acids is 1. The summed E-state index contributed by atoms with van der Waals surface area (Å²) in [6, 6.07) is 19.6. The van der Waals surface area contributed by atoms with Crippen molar-refractivity contribution in [2.75, 3.05) is 18.3 Å². The lowest BCUT2D eigenvalue weighted by Gasteiger charge is -2.35. The molecule has 0 radical (unpaired) electrons. The molecule has 1 heterocycles. The number of hydrogen-bond acceptors (Lipinski definition) is 5. The molecule has 1 aliphatic heterocycles. The molecule has 0 aromatic heterocycles. The van der Waals surface area contributed by atoms with Crippen LogP contribution in [0.15, 0.2) is 83.3 Å². The second-order valence-electron chi connectivity index (χ2n) is 7.66. The molecular formula is C24H20Cl2N2O4S. The molecule has 3 aromatic rings. The highest BCUT2D eigenvalue weighted by Crippen LogP contribution is 2.46. The van der Waals surface area contributed by atoms with Crippen molar-refractivity contribution < 1.29 is 18.3 Å². The normalized spacial score (nSPS) is 16.4. The summed E-state index contributed by atoms with van der Waals surface area (Å²) in [7, 11) is -1.60. The van der Waals surface area contributed by atoms with Gasteiger partial charge in [0.25, 0.3) is 0 Å². The number of nitrogens with zero attached hydrogens (tertiary/aromatic N) is 2. The predicted molar refractivity (Wildman–Crippen MR) is 130 cm³/mol. The van der Waals surface area contributed by atoms with Gasteiger partial charge in [-0.1, -0.05) is 47.5 Å². The minimum absolute atomic E-state index is 0.175. The Kier molecular flexibility index (Phi) is 6.14. The molecule has 1 N–H and O–H groups in total. The van der Waals surface area contributed by atoms with Crippen LogP contribution in [0.4, 0.5) is 5.69 Å². The highest BCUT2D eigenvalue weighted by molar-refractivity contribution is 7.90. The van der Waals surface area contributed by atoms with E-state index in [2.05, 4.69) is 0 Å². The largest absolute Gasteiger partial charge is 0.478 e. The number of carboxylic acid groups (broad SMARTS) is 1. The molecule has 170 valence electrons. The molecule has 6 nitrogen and oxygen atoms in total. The van der Waals surface area contributed by atoms with Crippen molar-refractivity contribution in [1.82, 2.24) is 5.01 Å². The first-order valence-electron chi connectivity index (χ1n) is 9.90. The number of sulfone groups is 1. The van der Waals surface area contributed by atoms with Crippen LogP contribution in [0.25, 0.3) is 5.70 Å². The van der Waals surface area contributed by atoms with Crippen LogP contribution in [0.5, 0.6) is 0 Å². The average molecular weight is 503 g/mol. The molecule has 0 saturated carbocycles. The minimum Gasteiger partial charge on any atom is -0.478 e. The topological polar surface area (TPSA) is 77.9 Å². The molecule has 1 aliphatic rings. The zero-order chi connectivity index (χ0) is 23.9. The maximum atomic E-state index is 12.6. The lowest BCUT2D eigenvalue weighted by Crippen LogP contribution is -2.36. The summed E-state index contributed by atoms with van der Waals surface area (Å²) in [5.74, 6) is -1.07. The molecule has 0 fully saturated rings. The van der Waals surface area contributed by atoms with Gasteiger partial charge in [-0.25, -0.2) is 13.2 Å². The van der Waals surface area contributed by atoms with Gasteiger partial charge >= 0.3 is 5.97 Å². The number of halogens is 2. The quantitative estimate of drug-likeness (QED) is 0.509. The Morgan fingerprint density at radius 3 is 1.88 bits per heavy atom. The molecule has 33 heavy (non-hydrogen) atoms. The SMILES string of the molecule is CN1C(c2ccc(Cl)cc2)=C(C(=O)O)C(c2ccc(Cl)cc2)N1c1ccc(S(C)(=O)=O)cc1. The van der Waals surface area contributed by atoms with Gasteiger partial charge in [-0.2, -0.15) is 0 Å². The van der Waals surface area contributed by atoms with Crippen molar-refractivity contribution in [3.05, 3.63) is 99.5 Å². The van der Waals surface area contributed by atoms with Gasteiger partial charge in [0.2, 0.25) is 0 Å². The Bertz CT molecular complexity index is 1340. The second-order valence-corrected chi connectivity index (χ2v) is 10.6. The minimum atomic E-state index is -3.37. The second kappa shape index (κ2) is 8.74. The zero-order valence-electron chi connectivity index (χ0n) is 17.7. The monoisotopic (exact) mass is 502 g/mol. The Morgan fingerprint density at radius 1 is 0.879 bits per heavy atom. The van der Waals surface area contributed by atoms with E-state index >= 15 is 0 Å². The van der Waals surface area contributed by atoms with E-state index in [0.717, 1.165) is 11.8 Å². The van der Waals surface area contributed by atoms with Crippen molar-refractivity contribution in [1.29, 1.82) is 0 Å². The summed E-state index contributed by atoms with van der Waals surface area (Å²) in [4.78, 5) is 12.7. The summed E-state index contributed by atoms with van der Waals surface area (Å²) in [6.45, 7) is 0. The van der Waals surface area contributed by atoms with E-state index in [9.17, 15) is 18.3 Å². The lowest BCUT2D eigenvalue weighted by atomic mass is 9.95. The van der Waals surface area contributed by atoms with Crippen molar-refractivity contribution in [3.63, 3.8) is 0 Å². The van der Waals surface area contributed by atoms with Gasteiger partial charge in [0.1, 0.15) is 6.04 Å². The van der Waals surface area contributed by atoms with E-state index in [1.165, 1.54) is 12.1 Å². The van der Waals surface area contributed by atoms with Crippen LogP contribution in [0.2, 0.25) is 10.0 Å². The van der Waals surface area contributed by atoms with Crippen molar-refractivity contribution in [2.24, 2.45) is 0 Å². The fraction of sp³-hybridized carbons (Fsp3) is 0.125. The Balaban J connectivity index is 1.93. The van der Waals surface area contributed by atoms with E-state index in [1.807, 2.05) is 5.01 Å². The first kappa shape index (κ1) is 23.2. The highest BCUT2D eigenvalue weighted by atomic mass is 35.5. The van der Waals surface area contributed by atoms with Crippen molar-refractivity contribution >= 4 is 50.4 Å². The standard InChI is InChI=1S/C24H20Cl2N2O4S/c1-27-22(15-3-7-17(25)8-4-15)21(24(29)30)23(16-5-9-18(26)10-6-16)28(27)19-11-13-20(14-12-19)33(2,31)32/h3-14,23H,1-2H3,(H,29,30). The van der Waals surface area contributed by atoms with E-state index in [0.29, 0.717) is 27.0 Å². The molecule has 3 aromatic carbocycles. The average Bonchev–Trinajstić information content (AvgIpc) is 3.07. The summed E-state index contributed by atoms with van der Waals surface area (Å²) in [5, 5.41) is 14.9. The van der Waals surface area contributed by atoms with Gasteiger partial charge in [-0.15, -0.1) is 0 Å². The molecule has 1 unspecified atom stereocenters. The number of carboxylic acids is 1. The Morgan fingerprint density at radius 2 is 1.39 bits per heavy atom. The summed E-state index contributed by atoms with van der Waals surface area (Å²) >= 11 is 12.1. The van der Waals surface area contributed by atoms with Crippen LogP contribution in [0, 0.1) is 0 Å². The third kappa shape index (κ3) is 4.44. The first-order valence-corrected chi connectivity index (χ1v) is 12.5. The third-order valence-electron chi connectivity index (χ3n) is 5.48. The van der Waals surface area contributed by atoms with Crippen LogP contribution >= 0.6 is 23.2 Å². The maximum Gasteiger partial charge on any atom is 0.336 e. The fourth-order valence-electron chi connectivity index (χ4n) is 4.00. The number of carbonyl (C=O) groups is 1. The summed E-state index contributed by atoms with van der Waals surface area (Å²) in [6.07, 6.45) is 1.14. The molecule has 0 spiro atoms. The number of benzene rings is 3. The van der Waals surface area contributed by atoms with Crippen molar-refractivity contribution in [2.45, 2.75) is 10.9 Å². The summed E-state index contributed by atoms with van der Waals surface area (Å²) in [5.41, 5.74) is 2.72. The van der Waals surface area contributed by atoms with Crippen molar-refractivity contribution in [3.8, 4) is 0 Å². The summed E-state index contributed by atoms with van der Waals surface area (Å²) < 4.78 is 23.8. The highest BCUT2D eigenvalue weighted by Gasteiger charge is 2.42. The third-order valence-corrected chi connectivity index (χ3v) is 7.12. The van der Waals surface area contributed by atoms with Gasteiger partial charge < -0.3 is 5.11 Å². The molecular weight excluding hydrogens is 483 g/mol. The van der Waals surface area contributed by atoms with Crippen LogP contribution in [-0.2, 0) is 14.6 Å². The molecule has 0 aliphatic carbocycles. The number of rotatable bonds is 5. The number of hydrogen-bond donors (Lipinski definition) is 1. The van der Waals surface area contributed by atoms with Crippen LogP contribution in [0.3, 0.4) is 0 Å². The Hall–Kier alpha value is -3.00. The molecule has 0 saturated heterocycles. The molecule has 4 rings (SSSR count). The first-order chi connectivity index (χ1) is 15.6. The van der Waals surface area contributed by atoms with Gasteiger partial charge in [-0.3, -0.25) is 10.0 Å². The van der Waals surface area contributed by atoms with E-state index < -0.39 is 21.8 Å². The van der Waals surface area contributed by atoms with Gasteiger partial charge in [0.15, 0.2) is 9.84 Å². The van der Waals surface area contributed by atoms with Gasteiger partial charge in [-0.05, 0) is 54.1 Å². The maximum absolute atomic E-state index is 12.6.